The second kappa shape index (κ2) is 6.60. The molecule has 2 aromatic rings. The van der Waals surface area contributed by atoms with Crippen molar-refractivity contribution >= 4 is 5.91 Å². The summed E-state index contributed by atoms with van der Waals surface area (Å²) in [5.41, 5.74) is 2.77. The fourth-order valence-corrected chi connectivity index (χ4v) is 2.16. The van der Waals surface area contributed by atoms with E-state index in [0.29, 0.717) is 12.1 Å². The molecular weight excluding hydrogens is 276 g/mol. The first-order valence-electron chi connectivity index (χ1n) is 7.27. The SMILES string of the molecule is COc1ccc(C(C)(C)C)cc1CNC(=O)c1cccnc1. The van der Waals surface area contributed by atoms with Crippen LogP contribution in [0.4, 0.5) is 0 Å². The van der Waals surface area contributed by atoms with Crippen molar-refractivity contribution in [2.24, 2.45) is 0 Å². The fraction of sp³-hybridized carbons (Fsp3) is 0.333. The predicted octanol–water partition coefficient (Wildman–Crippen LogP) is 3.32. The third kappa shape index (κ3) is 3.85. The lowest BCUT2D eigenvalue weighted by Crippen LogP contribution is -2.23. The van der Waals surface area contributed by atoms with Crippen molar-refractivity contribution in [3.05, 3.63) is 59.4 Å². The molecule has 0 aliphatic heterocycles. The van der Waals surface area contributed by atoms with Gasteiger partial charge in [0.05, 0.1) is 12.7 Å². The molecular formula is C18H22N2O2. The lowest BCUT2D eigenvalue weighted by atomic mass is 9.86. The van der Waals surface area contributed by atoms with Crippen LogP contribution in [0.25, 0.3) is 0 Å². The third-order valence-electron chi connectivity index (χ3n) is 3.51. The number of hydrogen-bond donors (Lipinski definition) is 1. The third-order valence-corrected chi connectivity index (χ3v) is 3.51. The zero-order valence-corrected chi connectivity index (χ0v) is 13.5. The number of aromatic nitrogens is 1. The van der Waals surface area contributed by atoms with E-state index in [1.165, 1.54) is 5.56 Å². The summed E-state index contributed by atoms with van der Waals surface area (Å²) in [5, 5.41) is 2.91. The number of hydrogen-bond acceptors (Lipinski definition) is 3. The maximum absolute atomic E-state index is 12.1. The Bertz CT molecular complexity index is 646. The van der Waals surface area contributed by atoms with Crippen LogP contribution in [-0.4, -0.2) is 18.0 Å². The number of rotatable bonds is 4. The minimum absolute atomic E-state index is 0.0500. The average molecular weight is 298 g/mol. The Labute approximate surface area is 131 Å². The summed E-state index contributed by atoms with van der Waals surface area (Å²) >= 11 is 0. The molecule has 1 heterocycles. The first-order chi connectivity index (χ1) is 10.4. The van der Waals surface area contributed by atoms with Crippen LogP contribution in [0.1, 0.15) is 42.3 Å². The standard InChI is InChI=1S/C18H22N2O2/c1-18(2,3)15-7-8-16(22-4)14(10-15)12-20-17(21)13-6-5-9-19-11-13/h5-11H,12H2,1-4H3,(H,20,21). The van der Waals surface area contributed by atoms with E-state index in [4.69, 9.17) is 4.74 Å². The quantitative estimate of drug-likeness (QED) is 0.942. The normalized spacial score (nSPS) is 11.1. The van der Waals surface area contributed by atoms with E-state index in [0.717, 1.165) is 11.3 Å². The molecule has 0 bridgehead atoms. The van der Waals surface area contributed by atoms with Crippen LogP contribution >= 0.6 is 0 Å². The van der Waals surface area contributed by atoms with E-state index in [-0.39, 0.29) is 11.3 Å². The van der Waals surface area contributed by atoms with Gasteiger partial charge in [0.1, 0.15) is 5.75 Å². The molecule has 1 aromatic carbocycles. The van der Waals surface area contributed by atoms with Gasteiger partial charge in [-0.15, -0.1) is 0 Å². The molecule has 1 amide bonds. The molecule has 1 aromatic heterocycles. The molecule has 1 N–H and O–H groups in total. The maximum atomic E-state index is 12.1. The summed E-state index contributed by atoms with van der Waals surface area (Å²) in [4.78, 5) is 16.1. The summed E-state index contributed by atoms with van der Waals surface area (Å²) in [6, 6.07) is 9.58. The Hall–Kier alpha value is -2.36. The number of ether oxygens (including phenoxy) is 1. The summed E-state index contributed by atoms with van der Waals surface area (Å²) in [5.74, 6) is 0.635. The number of nitrogens with zero attached hydrogens (tertiary/aromatic N) is 1. The van der Waals surface area contributed by atoms with Crippen LogP contribution in [0.5, 0.6) is 5.75 Å². The number of carbonyl (C=O) groups is 1. The van der Waals surface area contributed by atoms with Gasteiger partial charge in [-0.3, -0.25) is 9.78 Å². The number of methoxy groups -OCH3 is 1. The van der Waals surface area contributed by atoms with Gasteiger partial charge in [0.15, 0.2) is 0 Å². The first kappa shape index (κ1) is 16.0. The van der Waals surface area contributed by atoms with Gasteiger partial charge in [0.25, 0.3) is 5.91 Å². The molecule has 0 saturated heterocycles. The molecule has 0 aliphatic carbocycles. The zero-order chi connectivity index (χ0) is 16.2. The van der Waals surface area contributed by atoms with Crippen molar-refractivity contribution < 1.29 is 9.53 Å². The molecule has 0 radical (unpaired) electrons. The molecule has 4 nitrogen and oxygen atoms in total. The van der Waals surface area contributed by atoms with E-state index < -0.39 is 0 Å². The first-order valence-corrected chi connectivity index (χ1v) is 7.27. The van der Waals surface area contributed by atoms with Crippen molar-refractivity contribution in [2.45, 2.75) is 32.7 Å². The monoisotopic (exact) mass is 298 g/mol. The average Bonchev–Trinajstić information content (AvgIpc) is 2.52. The Morgan fingerprint density at radius 3 is 2.64 bits per heavy atom. The number of amides is 1. The Balaban J connectivity index is 2.16. The van der Waals surface area contributed by atoms with Crippen molar-refractivity contribution in [2.75, 3.05) is 7.11 Å². The number of carbonyl (C=O) groups excluding carboxylic acids is 1. The largest absolute Gasteiger partial charge is 0.496 e. The number of nitrogens with one attached hydrogen (secondary N) is 1. The lowest BCUT2D eigenvalue weighted by Gasteiger charge is -2.21. The molecule has 116 valence electrons. The predicted molar refractivity (Wildman–Crippen MR) is 87.1 cm³/mol. The molecule has 0 saturated carbocycles. The summed E-state index contributed by atoms with van der Waals surface area (Å²) < 4.78 is 5.39. The smallest absolute Gasteiger partial charge is 0.253 e. The minimum atomic E-state index is -0.142. The molecule has 0 atom stereocenters. The van der Waals surface area contributed by atoms with E-state index in [1.807, 2.05) is 6.07 Å². The van der Waals surface area contributed by atoms with E-state index in [1.54, 1.807) is 31.6 Å². The van der Waals surface area contributed by atoms with Gasteiger partial charge < -0.3 is 10.1 Å². The van der Waals surface area contributed by atoms with E-state index >= 15 is 0 Å². The van der Waals surface area contributed by atoms with Gasteiger partial charge in [-0.2, -0.15) is 0 Å². The fourth-order valence-electron chi connectivity index (χ4n) is 2.16. The van der Waals surface area contributed by atoms with Crippen LogP contribution in [0, 0.1) is 0 Å². The van der Waals surface area contributed by atoms with Gasteiger partial charge in [0, 0.05) is 24.5 Å². The second-order valence-electron chi connectivity index (χ2n) is 6.20. The van der Waals surface area contributed by atoms with Crippen LogP contribution in [-0.2, 0) is 12.0 Å². The van der Waals surface area contributed by atoms with Crippen LogP contribution < -0.4 is 10.1 Å². The highest BCUT2D eigenvalue weighted by molar-refractivity contribution is 5.93. The molecule has 2 rings (SSSR count). The summed E-state index contributed by atoms with van der Waals surface area (Å²) in [6.45, 7) is 6.90. The van der Waals surface area contributed by atoms with Crippen molar-refractivity contribution in [3.63, 3.8) is 0 Å². The Kier molecular flexibility index (Phi) is 4.81. The summed E-state index contributed by atoms with van der Waals surface area (Å²) in [7, 11) is 1.64. The van der Waals surface area contributed by atoms with Gasteiger partial charge >= 0.3 is 0 Å². The molecule has 0 spiro atoms. The molecule has 0 fully saturated rings. The highest BCUT2D eigenvalue weighted by Gasteiger charge is 2.16. The number of benzene rings is 1. The highest BCUT2D eigenvalue weighted by atomic mass is 16.5. The Morgan fingerprint density at radius 2 is 2.05 bits per heavy atom. The maximum Gasteiger partial charge on any atom is 0.253 e. The van der Waals surface area contributed by atoms with Crippen LogP contribution in [0.15, 0.2) is 42.7 Å². The Morgan fingerprint density at radius 1 is 1.27 bits per heavy atom. The second-order valence-corrected chi connectivity index (χ2v) is 6.20. The van der Waals surface area contributed by atoms with Crippen LogP contribution in [0.2, 0.25) is 0 Å². The van der Waals surface area contributed by atoms with Gasteiger partial charge in [-0.25, -0.2) is 0 Å². The van der Waals surface area contributed by atoms with Gasteiger partial charge in [0.2, 0.25) is 0 Å². The van der Waals surface area contributed by atoms with Crippen molar-refractivity contribution in [1.82, 2.24) is 10.3 Å². The zero-order valence-electron chi connectivity index (χ0n) is 13.5. The van der Waals surface area contributed by atoms with E-state index in [9.17, 15) is 4.79 Å². The molecule has 0 unspecified atom stereocenters. The van der Waals surface area contributed by atoms with E-state index in [2.05, 4.69) is 43.2 Å². The summed E-state index contributed by atoms with van der Waals surface area (Å²) in [6.07, 6.45) is 3.20. The topological polar surface area (TPSA) is 51.2 Å². The van der Waals surface area contributed by atoms with Crippen molar-refractivity contribution in [1.29, 1.82) is 0 Å². The van der Waals surface area contributed by atoms with Gasteiger partial charge in [-0.05, 0) is 35.2 Å². The number of pyridine rings is 1. The van der Waals surface area contributed by atoms with Gasteiger partial charge in [-0.1, -0.05) is 26.8 Å². The molecule has 22 heavy (non-hydrogen) atoms. The highest BCUT2D eigenvalue weighted by Crippen LogP contribution is 2.27. The van der Waals surface area contributed by atoms with Crippen molar-refractivity contribution in [3.8, 4) is 5.75 Å². The van der Waals surface area contributed by atoms with Crippen LogP contribution in [0.3, 0.4) is 0 Å². The molecule has 4 heteroatoms. The minimum Gasteiger partial charge on any atom is -0.496 e. The lowest BCUT2D eigenvalue weighted by molar-refractivity contribution is 0.0950. The molecule has 0 aliphatic rings.